The zero-order chi connectivity index (χ0) is 24.7. The summed E-state index contributed by atoms with van der Waals surface area (Å²) in [5.74, 6) is 2.39. The molecule has 1 heterocycles. The third-order valence-electron chi connectivity index (χ3n) is 9.71. The zero-order valence-corrected chi connectivity index (χ0v) is 25.9. The Morgan fingerprint density at radius 3 is 1.50 bits per heavy atom. The maximum Gasteiger partial charge on any atom is -0.147 e. The molecule has 2 atom stereocenters. The third kappa shape index (κ3) is 3.02. The van der Waals surface area contributed by atoms with Crippen LogP contribution in [0.15, 0.2) is 139 Å². The standard InChI is InChI=1S/C9H7.3C6H5.C4H4P.C3H6.2ClH.Ti/c1-2-5-9-7-3-6-8(9)4-1;3*1-2-4-6-5-3-1;1-2-4-5-3-1;1-3-2;;;/h1-7H;3*1-5H;1-3,5H;1-2H3;2*1H;. The maximum atomic E-state index is 2.55. The molecule has 0 fully saturated rings. The van der Waals surface area contributed by atoms with Gasteiger partial charge >= 0.3 is 215 Å². The van der Waals surface area contributed by atoms with Crippen LogP contribution in [0.5, 0.6) is 0 Å². The van der Waals surface area contributed by atoms with E-state index in [2.05, 4.69) is 159 Å². The molecule has 193 valence electrons. The molecule has 2 unspecified atom stereocenters. The van der Waals surface area contributed by atoms with Gasteiger partial charge in [0.1, 0.15) is 0 Å². The number of hydrogen-bond acceptors (Lipinski definition) is 0. The van der Waals surface area contributed by atoms with Crippen molar-refractivity contribution in [3.8, 4) is 0 Å². The van der Waals surface area contributed by atoms with Gasteiger partial charge in [0.05, 0.1) is 0 Å². The summed E-state index contributed by atoms with van der Waals surface area (Å²) in [6, 6.07) is 48.5. The first-order valence-electron chi connectivity index (χ1n) is 12.8. The molecule has 1 aliphatic carbocycles. The van der Waals surface area contributed by atoms with E-state index < -0.39 is 13.6 Å². The van der Waals surface area contributed by atoms with Crippen LogP contribution >= 0.6 is 33.0 Å². The van der Waals surface area contributed by atoms with Crippen molar-refractivity contribution >= 4 is 58.1 Å². The van der Waals surface area contributed by atoms with Gasteiger partial charge in [-0.2, -0.15) is 0 Å². The van der Waals surface area contributed by atoms with Gasteiger partial charge in [-0.25, -0.2) is 0 Å². The Labute approximate surface area is 238 Å². The van der Waals surface area contributed by atoms with Gasteiger partial charge in [-0.15, -0.1) is 24.8 Å². The van der Waals surface area contributed by atoms with Crippen LogP contribution in [0, 0.1) is 0 Å². The van der Waals surface area contributed by atoms with Crippen molar-refractivity contribution in [2.45, 2.75) is 18.1 Å². The average molecular weight is 592 g/mol. The first kappa shape index (κ1) is 28.6. The third-order valence-corrected chi connectivity index (χ3v) is 32.1. The predicted molar refractivity (Wildman–Crippen MR) is 173 cm³/mol. The minimum Gasteiger partial charge on any atom is -0.147 e. The molecule has 0 radical (unpaired) electrons. The predicted octanol–water partition coefficient (Wildman–Crippen LogP) is 7.37. The van der Waals surface area contributed by atoms with E-state index in [-0.39, 0.29) is 29.0 Å². The Bertz CT molecular complexity index is 1560. The molecule has 5 aromatic rings. The molecule has 0 saturated carbocycles. The Hall–Kier alpha value is -2.44. The summed E-state index contributed by atoms with van der Waals surface area (Å²) in [4.78, 5) is 0. The fourth-order valence-electron chi connectivity index (χ4n) is 8.33. The van der Waals surface area contributed by atoms with E-state index in [4.69, 9.17) is 0 Å². The van der Waals surface area contributed by atoms with Crippen molar-refractivity contribution in [1.29, 1.82) is 0 Å². The van der Waals surface area contributed by atoms with Crippen LogP contribution in [-0.2, 0) is 13.6 Å². The second-order valence-corrected chi connectivity index (χ2v) is 24.8. The van der Waals surface area contributed by atoms with Crippen molar-refractivity contribution in [3.05, 3.63) is 150 Å². The fraction of sp³-hybridized carbons (Fsp3) is 0.0882. The Balaban J connectivity index is 0.00000168. The molecule has 0 aliphatic heterocycles. The van der Waals surface area contributed by atoms with Crippen LogP contribution in [-0.4, -0.2) is 3.81 Å². The summed E-state index contributed by atoms with van der Waals surface area (Å²) in [6.07, 6.45) is 4.94. The minimum atomic E-state index is -5.21. The molecule has 4 heteroatoms. The molecular weight excluding hydrogens is 558 g/mol. The molecule has 0 nitrogen and oxygen atoms in total. The van der Waals surface area contributed by atoms with Crippen LogP contribution in [0.2, 0.25) is 0 Å². The fourth-order valence-corrected chi connectivity index (χ4v) is 32.9. The number of rotatable bonds is 5. The van der Waals surface area contributed by atoms with Gasteiger partial charge in [0.25, 0.3) is 0 Å². The molecule has 0 N–H and O–H groups in total. The number of fused-ring (bicyclic) bond motifs is 1. The van der Waals surface area contributed by atoms with Crippen LogP contribution in [0.4, 0.5) is 0 Å². The number of hydrogen-bond donors (Lipinski definition) is 0. The summed E-state index contributed by atoms with van der Waals surface area (Å²) in [6.45, 7) is 4.88. The van der Waals surface area contributed by atoms with Gasteiger partial charge in [-0.05, 0) is 0 Å². The van der Waals surface area contributed by atoms with Crippen LogP contribution < -0.4 is 15.2 Å². The van der Waals surface area contributed by atoms with E-state index in [1.807, 2.05) is 0 Å². The van der Waals surface area contributed by atoms with Crippen molar-refractivity contribution in [2.24, 2.45) is 0 Å². The normalized spacial score (nSPS) is 16.0. The van der Waals surface area contributed by atoms with E-state index in [1.165, 1.54) is 26.5 Å². The molecular formula is C34H34Cl2PTi. The molecule has 1 aliphatic rings. The SMILES string of the molecule is C[C](C)=[Ti]([c]1ccccc1)([c]1ccccc1)([c]1ccccc1)([c]1ccc[pH]1)[CH]1C=Cc2ccccc21.Cl.Cl. The molecule has 0 spiro atoms. The summed E-state index contributed by atoms with van der Waals surface area (Å²) >= 11 is -5.21. The van der Waals surface area contributed by atoms with E-state index in [0.717, 1.165) is 0 Å². The molecule has 0 bridgehead atoms. The Morgan fingerprint density at radius 2 is 1.05 bits per heavy atom. The van der Waals surface area contributed by atoms with Gasteiger partial charge in [0, 0.05) is 0 Å². The van der Waals surface area contributed by atoms with Gasteiger partial charge < -0.3 is 0 Å². The molecule has 0 saturated heterocycles. The zero-order valence-electron chi connectivity index (χ0n) is 21.8. The quantitative estimate of drug-likeness (QED) is 0.187. The van der Waals surface area contributed by atoms with Crippen molar-refractivity contribution in [3.63, 3.8) is 0 Å². The van der Waals surface area contributed by atoms with Gasteiger partial charge in [0.15, 0.2) is 0 Å². The summed E-state index contributed by atoms with van der Waals surface area (Å²) in [7, 11) is 0.636. The Kier molecular flexibility index (Phi) is 7.72. The number of allylic oxidation sites excluding steroid dienone is 1. The second-order valence-electron chi connectivity index (χ2n) is 10.6. The second kappa shape index (κ2) is 10.3. The number of benzene rings is 4. The van der Waals surface area contributed by atoms with Crippen LogP contribution in [0.3, 0.4) is 0 Å². The molecule has 38 heavy (non-hydrogen) atoms. The maximum absolute atomic E-state index is 5.21. The van der Waals surface area contributed by atoms with E-state index in [0.29, 0.717) is 8.19 Å². The van der Waals surface area contributed by atoms with Crippen molar-refractivity contribution in [2.75, 3.05) is 0 Å². The van der Waals surface area contributed by atoms with Gasteiger partial charge in [-0.3, -0.25) is 0 Å². The van der Waals surface area contributed by atoms with Gasteiger partial charge in [-0.1, -0.05) is 0 Å². The molecule has 6 rings (SSSR count). The van der Waals surface area contributed by atoms with Crippen LogP contribution in [0.1, 0.15) is 29.2 Å². The number of halogens is 2. The molecule has 0 amide bonds. The molecule has 1 aromatic heterocycles. The monoisotopic (exact) mass is 591 g/mol. The van der Waals surface area contributed by atoms with Gasteiger partial charge in [0.2, 0.25) is 0 Å². The summed E-state index contributed by atoms with van der Waals surface area (Å²) in [5.41, 5.74) is 2.79. The Morgan fingerprint density at radius 1 is 0.579 bits per heavy atom. The topological polar surface area (TPSA) is 0 Å². The summed E-state index contributed by atoms with van der Waals surface area (Å²) in [5, 5.41) is 0. The summed E-state index contributed by atoms with van der Waals surface area (Å²) < 4.78 is 7.77. The van der Waals surface area contributed by atoms with Crippen LogP contribution in [0.25, 0.3) is 6.08 Å². The smallest absolute Gasteiger partial charge is 0.147 e. The minimum absolute atomic E-state index is 0. The largest absolute Gasteiger partial charge is 0.147 e. The van der Waals surface area contributed by atoms with E-state index >= 15 is 0 Å². The van der Waals surface area contributed by atoms with E-state index in [9.17, 15) is 0 Å². The first-order valence-corrected chi connectivity index (χ1v) is 18.7. The van der Waals surface area contributed by atoms with Crippen molar-refractivity contribution in [1.82, 2.24) is 0 Å². The van der Waals surface area contributed by atoms with Crippen molar-refractivity contribution < 1.29 is 13.6 Å². The first-order chi connectivity index (χ1) is 17.6. The average Bonchev–Trinajstić information content (AvgIpc) is 3.64. The van der Waals surface area contributed by atoms with E-state index in [1.54, 1.807) is 3.60 Å². The molecule has 4 aromatic carbocycles.